The van der Waals surface area contributed by atoms with Gasteiger partial charge in [0.2, 0.25) is 0 Å². The van der Waals surface area contributed by atoms with Crippen molar-refractivity contribution < 1.29 is 4.74 Å². The average Bonchev–Trinajstić information content (AvgIpc) is 3.15. The van der Waals surface area contributed by atoms with E-state index in [4.69, 9.17) is 4.74 Å². The number of nitrogens with zero attached hydrogens (tertiary/aromatic N) is 1. The fraction of sp³-hybridized carbons (Fsp3) is 0.100. The van der Waals surface area contributed by atoms with E-state index in [1.54, 1.807) is 30.2 Å². The molecule has 1 N–H and O–H groups in total. The predicted octanol–water partition coefficient (Wildman–Crippen LogP) is 4.95. The second-order valence-corrected chi connectivity index (χ2v) is 7.68. The zero-order valence-electron chi connectivity index (χ0n) is 14.1. The molecule has 0 spiro atoms. The number of aromatic amines is 1. The number of ether oxygens (including phenoxy) is 1. The highest BCUT2D eigenvalue weighted by molar-refractivity contribution is 7.98. The normalized spacial score (nSPS) is 11.0. The summed E-state index contributed by atoms with van der Waals surface area (Å²) < 4.78 is 5.21. The number of rotatable bonds is 5. The van der Waals surface area contributed by atoms with E-state index < -0.39 is 0 Å². The Labute approximate surface area is 158 Å². The lowest BCUT2D eigenvalue weighted by Gasteiger charge is -2.04. The average molecular weight is 380 g/mol. The van der Waals surface area contributed by atoms with E-state index >= 15 is 0 Å². The van der Waals surface area contributed by atoms with Gasteiger partial charge in [-0.2, -0.15) is 0 Å². The fourth-order valence-corrected chi connectivity index (χ4v) is 4.39. The van der Waals surface area contributed by atoms with Crippen molar-refractivity contribution >= 4 is 34.0 Å². The third-order valence-corrected chi connectivity index (χ3v) is 6.04. The maximum absolute atomic E-state index is 12.5. The van der Waals surface area contributed by atoms with Crippen molar-refractivity contribution in [3.8, 4) is 17.0 Å². The van der Waals surface area contributed by atoms with Crippen LogP contribution in [0.25, 0.3) is 22.2 Å². The number of hydrogen-bond donors (Lipinski definition) is 1. The molecule has 0 radical (unpaired) electrons. The summed E-state index contributed by atoms with van der Waals surface area (Å²) in [6, 6.07) is 17.8. The van der Waals surface area contributed by atoms with E-state index in [0.717, 1.165) is 33.1 Å². The zero-order valence-corrected chi connectivity index (χ0v) is 15.7. The molecule has 0 atom stereocenters. The van der Waals surface area contributed by atoms with E-state index in [0.29, 0.717) is 5.56 Å². The highest BCUT2D eigenvalue weighted by Gasteiger charge is 2.11. The Kier molecular flexibility index (Phi) is 4.77. The summed E-state index contributed by atoms with van der Waals surface area (Å²) in [6.07, 6.45) is 0. The molecule has 2 aromatic heterocycles. The monoisotopic (exact) mass is 380 g/mol. The van der Waals surface area contributed by atoms with Gasteiger partial charge in [0.15, 0.2) is 0 Å². The van der Waals surface area contributed by atoms with E-state index in [2.05, 4.69) is 22.1 Å². The SMILES string of the molecule is COc1ccc2cc(-c3csc(CSc4ccccc4)n3)c(=O)[nH]c2c1. The summed E-state index contributed by atoms with van der Waals surface area (Å²) in [7, 11) is 1.61. The van der Waals surface area contributed by atoms with Crippen LogP contribution in [0.15, 0.2) is 69.7 Å². The Morgan fingerprint density at radius 3 is 2.81 bits per heavy atom. The number of thiazole rings is 1. The smallest absolute Gasteiger partial charge is 0.257 e. The molecule has 130 valence electrons. The third-order valence-electron chi connectivity index (χ3n) is 3.99. The number of hydrogen-bond acceptors (Lipinski definition) is 5. The molecule has 2 aromatic carbocycles. The number of methoxy groups -OCH3 is 1. The molecule has 0 bridgehead atoms. The van der Waals surface area contributed by atoms with Gasteiger partial charge in [0.05, 0.1) is 29.6 Å². The first-order valence-electron chi connectivity index (χ1n) is 8.06. The van der Waals surface area contributed by atoms with Crippen LogP contribution >= 0.6 is 23.1 Å². The van der Waals surface area contributed by atoms with Crippen molar-refractivity contribution in [2.24, 2.45) is 0 Å². The molecule has 0 saturated carbocycles. The molecule has 0 amide bonds. The van der Waals surface area contributed by atoms with Gasteiger partial charge < -0.3 is 9.72 Å². The van der Waals surface area contributed by atoms with Crippen LogP contribution in [-0.4, -0.2) is 17.1 Å². The molecule has 0 fully saturated rings. The number of fused-ring (bicyclic) bond motifs is 1. The van der Waals surface area contributed by atoms with Crippen molar-refractivity contribution in [1.82, 2.24) is 9.97 Å². The van der Waals surface area contributed by atoms with Crippen molar-refractivity contribution in [3.05, 3.63) is 75.3 Å². The Morgan fingerprint density at radius 2 is 2.00 bits per heavy atom. The first-order valence-corrected chi connectivity index (χ1v) is 9.93. The van der Waals surface area contributed by atoms with Crippen LogP contribution < -0.4 is 10.3 Å². The van der Waals surface area contributed by atoms with Gasteiger partial charge in [-0.05, 0) is 35.7 Å². The van der Waals surface area contributed by atoms with Gasteiger partial charge in [-0.15, -0.1) is 23.1 Å². The molecular formula is C20H16N2O2S2. The first kappa shape index (κ1) is 16.9. The zero-order chi connectivity index (χ0) is 17.9. The summed E-state index contributed by atoms with van der Waals surface area (Å²) >= 11 is 3.32. The summed E-state index contributed by atoms with van der Waals surface area (Å²) in [6.45, 7) is 0. The molecule has 6 heteroatoms. The van der Waals surface area contributed by atoms with Crippen molar-refractivity contribution in [2.75, 3.05) is 7.11 Å². The minimum Gasteiger partial charge on any atom is -0.497 e. The van der Waals surface area contributed by atoms with Crippen LogP contribution in [0.1, 0.15) is 5.01 Å². The second kappa shape index (κ2) is 7.35. The molecule has 0 aliphatic heterocycles. The van der Waals surface area contributed by atoms with Gasteiger partial charge in [0.1, 0.15) is 10.8 Å². The van der Waals surface area contributed by atoms with Gasteiger partial charge >= 0.3 is 0 Å². The second-order valence-electron chi connectivity index (χ2n) is 5.69. The standard InChI is InChI=1S/C20H16N2O2S2/c1-24-14-8-7-13-9-16(20(23)22-17(13)10-14)18-11-26-19(21-18)12-25-15-5-3-2-4-6-15/h2-11H,12H2,1H3,(H,22,23). The van der Waals surface area contributed by atoms with Crippen LogP contribution in [-0.2, 0) is 5.75 Å². The predicted molar refractivity (Wildman–Crippen MR) is 108 cm³/mol. The van der Waals surface area contributed by atoms with Crippen LogP contribution in [0.4, 0.5) is 0 Å². The molecule has 0 saturated heterocycles. The molecular weight excluding hydrogens is 364 g/mol. The molecule has 0 aliphatic rings. The fourth-order valence-electron chi connectivity index (χ4n) is 2.66. The van der Waals surface area contributed by atoms with Crippen molar-refractivity contribution in [1.29, 1.82) is 0 Å². The van der Waals surface area contributed by atoms with Gasteiger partial charge in [-0.25, -0.2) is 4.98 Å². The third kappa shape index (κ3) is 3.52. The molecule has 2 heterocycles. The maximum Gasteiger partial charge on any atom is 0.257 e. The summed E-state index contributed by atoms with van der Waals surface area (Å²) in [5, 5.41) is 3.90. The van der Waals surface area contributed by atoms with Gasteiger partial charge in [0.25, 0.3) is 5.56 Å². The topological polar surface area (TPSA) is 55.0 Å². The molecule has 4 rings (SSSR count). The number of thioether (sulfide) groups is 1. The molecule has 0 unspecified atom stereocenters. The number of nitrogens with one attached hydrogen (secondary N) is 1. The van der Waals surface area contributed by atoms with Crippen molar-refractivity contribution in [3.63, 3.8) is 0 Å². The highest BCUT2D eigenvalue weighted by Crippen LogP contribution is 2.28. The maximum atomic E-state index is 12.5. The largest absolute Gasteiger partial charge is 0.497 e. The molecule has 26 heavy (non-hydrogen) atoms. The van der Waals surface area contributed by atoms with E-state index in [9.17, 15) is 4.79 Å². The van der Waals surface area contributed by atoms with Crippen LogP contribution in [0.5, 0.6) is 5.75 Å². The number of benzene rings is 2. The molecule has 4 aromatic rings. The van der Waals surface area contributed by atoms with Crippen molar-refractivity contribution in [2.45, 2.75) is 10.6 Å². The summed E-state index contributed by atoms with van der Waals surface area (Å²) in [4.78, 5) is 21.3. The lowest BCUT2D eigenvalue weighted by molar-refractivity contribution is 0.415. The Balaban J connectivity index is 1.60. The molecule has 4 nitrogen and oxygen atoms in total. The molecule has 0 aliphatic carbocycles. The van der Waals surface area contributed by atoms with E-state index in [-0.39, 0.29) is 5.56 Å². The van der Waals surface area contributed by atoms with E-state index in [1.165, 1.54) is 4.90 Å². The van der Waals surface area contributed by atoms with Crippen LogP contribution in [0.3, 0.4) is 0 Å². The summed E-state index contributed by atoms with van der Waals surface area (Å²) in [5.41, 5.74) is 1.93. The number of H-pyrrole nitrogens is 1. The van der Waals surface area contributed by atoms with E-state index in [1.807, 2.05) is 47.8 Å². The highest BCUT2D eigenvalue weighted by atomic mass is 32.2. The minimum absolute atomic E-state index is 0.140. The quantitative estimate of drug-likeness (QED) is 0.498. The lowest BCUT2D eigenvalue weighted by atomic mass is 10.1. The minimum atomic E-state index is -0.140. The van der Waals surface area contributed by atoms with Crippen LogP contribution in [0.2, 0.25) is 0 Å². The number of pyridine rings is 1. The van der Waals surface area contributed by atoms with Crippen LogP contribution in [0, 0.1) is 0 Å². The van der Waals surface area contributed by atoms with Gasteiger partial charge in [0, 0.05) is 16.3 Å². The Hall–Kier alpha value is -2.57. The summed E-state index contributed by atoms with van der Waals surface area (Å²) in [5.74, 6) is 1.51. The Morgan fingerprint density at radius 1 is 1.15 bits per heavy atom. The Bertz CT molecular complexity index is 1100. The lowest BCUT2D eigenvalue weighted by Crippen LogP contribution is -2.08. The first-order chi connectivity index (χ1) is 12.7. The number of aromatic nitrogens is 2. The van der Waals surface area contributed by atoms with Gasteiger partial charge in [-0.1, -0.05) is 18.2 Å². The van der Waals surface area contributed by atoms with Gasteiger partial charge in [-0.3, -0.25) is 4.79 Å².